The van der Waals surface area contributed by atoms with Crippen LogP contribution >= 0.6 is 0 Å². The SMILES string of the molecule is N#C/C(=C/NC(=O)c1ccccc1N)C(=O)Nc1cccc(C(=O)O)c1. The van der Waals surface area contributed by atoms with Crippen LogP contribution in [0.4, 0.5) is 11.4 Å². The Morgan fingerprint density at radius 3 is 2.50 bits per heavy atom. The summed E-state index contributed by atoms with van der Waals surface area (Å²) < 4.78 is 0. The standard InChI is InChI=1S/C18H14N4O4/c19-9-12(10-21-17(24)14-6-1-2-7-15(14)20)16(23)22-13-5-3-4-11(8-13)18(25)26/h1-8,10H,20H2,(H,21,24)(H,22,23)(H,25,26)/b12-10-. The Balaban J connectivity index is 2.11. The molecule has 0 fully saturated rings. The quantitative estimate of drug-likeness (QED) is 0.367. The highest BCUT2D eigenvalue weighted by Gasteiger charge is 2.13. The van der Waals surface area contributed by atoms with E-state index in [9.17, 15) is 14.4 Å². The molecule has 0 bridgehead atoms. The van der Waals surface area contributed by atoms with Crippen LogP contribution in [0, 0.1) is 11.3 Å². The molecule has 0 atom stereocenters. The lowest BCUT2D eigenvalue weighted by molar-refractivity contribution is -0.112. The van der Waals surface area contributed by atoms with E-state index in [1.54, 1.807) is 24.3 Å². The average Bonchev–Trinajstić information content (AvgIpc) is 2.62. The Morgan fingerprint density at radius 1 is 1.12 bits per heavy atom. The Bertz CT molecular complexity index is 944. The molecule has 0 aliphatic carbocycles. The number of nitrogens with one attached hydrogen (secondary N) is 2. The van der Waals surface area contributed by atoms with Crippen LogP contribution in [0.1, 0.15) is 20.7 Å². The van der Waals surface area contributed by atoms with E-state index >= 15 is 0 Å². The number of hydrogen-bond donors (Lipinski definition) is 4. The second kappa shape index (κ2) is 8.12. The van der Waals surface area contributed by atoms with Crippen LogP contribution < -0.4 is 16.4 Å². The lowest BCUT2D eigenvalue weighted by Gasteiger charge is -2.06. The molecule has 0 heterocycles. The van der Waals surface area contributed by atoms with Crippen LogP contribution in [-0.2, 0) is 4.79 Å². The first-order valence-electron chi connectivity index (χ1n) is 7.32. The number of anilines is 2. The molecule has 0 saturated carbocycles. The van der Waals surface area contributed by atoms with Gasteiger partial charge < -0.3 is 21.5 Å². The van der Waals surface area contributed by atoms with Crippen LogP contribution in [0.5, 0.6) is 0 Å². The highest BCUT2D eigenvalue weighted by molar-refractivity contribution is 6.07. The largest absolute Gasteiger partial charge is 0.478 e. The van der Waals surface area contributed by atoms with Crippen LogP contribution in [0.2, 0.25) is 0 Å². The molecule has 2 aromatic rings. The van der Waals surface area contributed by atoms with Gasteiger partial charge in [-0.1, -0.05) is 18.2 Å². The van der Waals surface area contributed by atoms with E-state index < -0.39 is 17.8 Å². The highest BCUT2D eigenvalue weighted by Crippen LogP contribution is 2.12. The van der Waals surface area contributed by atoms with Gasteiger partial charge in [0, 0.05) is 17.6 Å². The van der Waals surface area contributed by atoms with Gasteiger partial charge in [0.25, 0.3) is 11.8 Å². The Labute approximate surface area is 148 Å². The fourth-order valence-electron chi connectivity index (χ4n) is 2.00. The number of carboxylic acids is 1. The van der Waals surface area contributed by atoms with E-state index in [0.717, 1.165) is 6.20 Å². The molecule has 0 unspecified atom stereocenters. The average molecular weight is 350 g/mol. The van der Waals surface area contributed by atoms with Gasteiger partial charge in [-0.05, 0) is 30.3 Å². The number of nitrogen functional groups attached to an aromatic ring is 1. The van der Waals surface area contributed by atoms with Gasteiger partial charge in [-0.2, -0.15) is 5.26 Å². The van der Waals surface area contributed by atoms with Gasteiger partial charge >= 0.3 is 5.97 Å². The normalized spacial score (nSPS) is 10.5. The number of carboxylic acid groups (broad SMARTS) is 1. The zero-order valence-corrected chi connectivity index (χ0v) is 13.4. The zero-order valence-electron chi connectivity index (χ0n) is 13.4. The summed E-state index contributed by atoms with van der Waals surface area (Å²) in [5.74, 6) is -2.52. The maximum absolute atomic E-state index is 12.1. The fourth-order valence-corrected chi connectivity index (χ4v) is 2.00. The first kappa shape index (κ1) is 18.2. The molecule has 2 amide bonds. The molecule has 5 N–H and O–H groups in total. The van der Waals surface area contributed by atoms with Crippen molar-refractivity contribution < 1.29 is 19.5 Å². The predicted octanol–water partition coefficient (Wildman–Crippen LogP) is 1.74. The summed E-state index contributed by atoms with van der Waals surface area (Å²) in [4.78, 5) is 35.1. The molecule has 130 valence electrons. The number of hydrogen-bond acceptors (Lipinski definition) is 5. The summed E-state index contributed by atoms with van der Waals surface area (Å²) in [6.07, 6.45) is 0.963. The van der Waals surface area contributed by atoms with Gasteiger partial charge in [0.15, 0.2) is 0 Å². The van der Waals surface area contributed by atoms with Crippen molar-refractivity contribution >= 4 is 29.2 Å². The van der Waals surface area contributed by atoms with Gasteiger partial charge in [-0.3, -0.25) is 9.59 Å². The summed E-state index contributed by atoms with van der Waals surface area (Å²) in [7, 11) is 0. The van der Waals surface area contributed by atoms with Crippen molar-refractivity contribution in [3.05, 3.63) is 71.4 Å². The number of rotatable bonds is 5. The van der Waals surface area contributed by atoms with Crippen LogP contribution in [0.25, 0.3) is 0 Å². The molecule has 8 nitrogen and oxygen atoms in total. The second-order valence-corrected chi connectivity index (χ2v) is 5.07. The molecular weight excluding hydrogens is 336 g/mol. The van der Waals surface area contributed by atoms with Crippen LogP contribution in [0.3, 0.4) is 0 Å². The molecular formula is C18H14N4O4. The molecule has 0 radical (unpaired) electrons. The molecule has 8 heteroatoms. The fraction of sp³-hybridized carbons (Fsp3) is 0. The van der Waals surface area contributed by atoms with E-state index in [4.69, 9.17) is 16.1 Å². The number of benzene rings is 2. The van der Waals surface area contributed by atoms with Crippen molar-refractivity contribution in [2.45, 2.75) is 0 Å². The topological polar surface area (TPSA) is 145 Å². The molecule has 26 heavy (non-hydrogen) atoms. The molecule has 2 aromatic carbocycles. The van der Waals surface area contributed by atoms with Crippen molar-refractivity contribution in [3.63, 3.8) is 0 Å². The van der Waals surface area contributed by atoms with Crippen molar-refractivity contribution in [1.29, 1.82) is 5.26 Å². The summed E-state index contributed by atoms with van der Waals surface area (Å²) in [5.41, 5.74) is 5.97. The van der Waals surface area contributed by atoms with Crippen molar-refractivity contribution in [2.24, 2.45) is 0 Å². The predicted molar refractivity (Wildman–Crippen MR) is 94.0 cm³/mol. The number of nitriles is 1. The molecule has 0 aliphatic heterocycles. The maximum atomic E-state index is 12.1. The van der Waals surface area contributed by atoms with E-state index in [2.05, 4.69) is 10.6 Å². The van der Waals surface area contributed by atoms with Crippen molar-refractivity contribution in [3.8, 4) is 6.07 Å². The third-order valence-electron chi connectivity index (χ3n) is 3.29. The monoisotopic (exact) mass is 350 g/mol. The first-order chi connectivity index (χ1) is 12.4. The number of amides is 2. The van der Waals surface area contributed by atoms with Crippen molar-refractivity contribution in [1.82, 2.24) is 5.32 Å². The first-order valence-corrected chi connectivity index (χ1v) is 7.32. The zero-order chi connectivity index (χ0) is 19.1. The Kier molecular flexibility index (Phi) is 5.69. The smallest absolute Gasteiger partial charge is 0.335 e. The summed E-state index contributed by atoms with van der Waals surface area (Å²) in [6.45, 7) is 0. The molecule has 0 spiro atoms. The molecule has 0 saturated heterocycles. The third kappa shape index (κ3) is 4.46. The van der Waals surface area contributed by atoms with Gasteiger partial charge in [0.1, 0.15) is 11.6 Å². The molecule has 2 rings (SSSR count). The molecule has 0 aliphatic rings. The van der Waals surface area contributed by atoms with Crippen LogP contribution in [0.15, 0.2) is 60.3 Å². The van der Waals surface area contributed by atoms with Crippen molar-refractivity contribution in [2.75, 3.05) is 11.1 Å². The van der Waals surface area contributed by atoms with Gasteiger partial charge in [-0.15, -0.1) is 0 Å². The summed E-state index contributed by atoms with van der Waals surface area (Å²) in [5, 5.41) is 22.8. The number of nitrogens with two attached hydrogens (primary N) is 1. The minimum Gasteiger partial charge on any atom is -0.478 e. The van der Waals surface area contributed by atoms with E-state index in [0.29, 0.717) is 0 Å². The van der Waals surface area contributed by atoms with Gasteiger partial charge in [-0.25, -0.2) is 4.79 Å². The second-order valence-electron chi connectivity index (χ2n) is 5.07. The highest BCUT2D eigenvalue weighted by atomic mass is 16.4. The number of aromatic carboxylic acids is 1. The minimum atomic E-state index is -1.15. The van der Waals surface area contributed by atoms with E-state index in [1.807, 2.05) is 0 Å². The minimum absolute atomic E-state index is 0.0156. The molecule has 0 aromatic heterocycles. The number of carbonyl (C=O) groups excluding carboxylic acids is 2. The Morgan fingerprint density at radius 2 is 1.85 bits per heavy atom. The Hall–Kier alpha value is -4.12. The van der Waals surface area contributed by atoms with Gasteiger partial charge in [0.2, 0.25) is 0 Å². The van der Waals surface area contributed by atoms with E-state index in [-0.39, 0.29) is 28.1 Å². The number of para-hydroxylation sites is 1. The number of carbonyl (C=O) groups is 3. The van der Waals surface area contributed by atoms with Gasteiger partial charge in [0.05, 0.1) is 11.1 Å². The number of nitrogens with zero attached hydrogens (tertiary/aromatic N) is 1. The van der Waals surface area contributed by atoms with E-state index in [1.165, 1.54) is 30.3 Å². The lowest BCUT2D eigenvalue weighted by Crippen LogP contribution is -2.22. The summed E-state index contributed by atoms with van der Waals surface area (Å²) in [6, 6.07) is 13.6. The van der Waals surface area contributed by atoms with Crippen LogP contribution in [-0.4, -0.2) is 22.9 Å². The summed E-state index contributed by atoms with van der Waals surface area (Å²) >= 11 is 0. The lowest BCUT2D eigenvalue weighted by atomic mass is 10.1. The maximum Gasteiger partial charge on any atom is 0.335 e. The third-order valence-corrected chi connectivity index (χ3v) is 3.29.